The number of aryl methyl sites for hydroxylation is 1. The number of H-pyrrole nitrogens is 1. The monoisotopic (exact) mass is 291 g/mol. The minimum Gasteiger partial charge on any atom is -0.454 e. The largest absolute Gasteiger partial charge is 0.454 e. The van der Waals surface area contributed by atoms with Crippen molar-refractivity contribution in [2.75, 3.05) is 0 Å². The summed E-state index contributed by atoms with van der Waals surface area (Å²) in [6, 6.07) is 7.76. The first-order chi connectivity index (χ1) is 10.8. The highest BCUT2D eigenvalue weighted by Crippen LogP contribution is 2.34. The van der Waals surface area contributed by atoms with E-state index in [0.717, 1.165) is 47.8 Å². The van der Waals surface area contributed by atoms with Crippen molar-refractivity contribution in [1.82, 2.24) is 20.4 Å². The Morgan fingerprint density at radius 1 is 1.18 bits per heavy atom. The summed E-state index contributed by atoms with van der Waals surface area (Å²) in [4.78, 5) is 0. The molecule has 0 saturated heterocycles. The Labute approximate surface area is 126 Å². The summed E-state index contributed by atoms with van der Waals surface area (Å²) >= 11 is 0. The second-order valence-corrected chi connectivity index (χ2v) is 5.34. The average molecular weight is 291 g/mol. The van der Waals surface area contributed by atoms with Crippen LogP contribution in [-0.2, 0) is 12.8 Å². The minimum atomic E-state index is 0.241. The summed E-state index contributed by atoms with van der Waals surface area (Å²) in [5.41, 5.74) is 3.10. The Kier molecular flexibility index (Phi) is 2.97. The molecule has 6 nitrogen and oxygen atoms in total. The topological polar surface area (TPSA) is 87.5 Å². The van der Waals surface area contributed by atoms with Crippen LogP contribution in [0.25, 0.3) is 10.9 Å². The summed E-state index contributed by atoms with van der Waals surface area (Å²) in [6.07, 6.45) is 5.72. The van der Waals surface area contributed by atoms with Crippen molar-refractivity contribution in [2.45, 2.75) is 25.7 Å². The van der Waals surface area contributed by atoms with E-state index in [0.29, 0.717) is 11.5 Å². The Bertz CT molecular complexity index is 893. The van der Waals surface area contributed by atoms with E-state index in [1.54, 1.807) is 6.20 Å². The van der Waals surface area contributed by atoms with E-state index >= 15 is 0 Å². The summed E-state index contributed by atoms with van der Waals surface area (Å²) in [5.74, 6) is 1.21. The van der Waals surface area contributed by atoms with E-state index in [4.69, 9.17) is 4.74 Å². The molecule has 2 heterocycles. The van der Waals surface area contributed by atoms with Crippen molar-refractivity contribution in [3.63, 3.8) is 0 Å². The number of ether oxygens (including phenoxy) is 1. The van der Waals surface area contributed by atoms with Crippen LogP contribution < -0.4 is 4.74 Å². The van der Waals surface area contributed by atoms with Crippen LogP contribution in [0.2, 0.25) is 0 Å². The van der Waals surface area contributed by atoms with Crippen LogP contribution in [0.4, 0.5) is 0 Å². The van der Waals surface area contributed by atoms with Gasteiger partial charge in [-0.1, -0.05) is 0 Å². The molecular formula is C16H13N5O. The van der Waals surface area contributed by atoms with Crippen molar-refractivity contribution in [1.29, 1.82) is 5.26 Å². The molecule has 3 aromatic rings. The summed E-state index contributed by atoms with van der Waals surface area (Å²) in [7, 11) is 0. The predicted molar refractivity (Wildman–Crippen MR) is 79.6 cm³/mol. The molecule has 1 N–H and O–H groups in total. The van der Waals surface area contributed by atoms with Gasteiger partial charge in [-0.3, -0.25) is 5.10 Å². The predicted octanol–water partition coefficient (Wildman–Crippen LogP) is 2.90. The van der Waals surface area contributed by atoms with E-state index in [9.17, 15) is 5.26 Å². The van der Waals surface area contributed by atoms with Gasteiger partial charge in [0.1, 0.15) is 11.8 Å². The fraction of sp³-hybridized carbons (Fsp3) is 0.250. The third-order valence-corrected chi connectivity index (χ3v) is 3.94. The number of nitrogens with zero attached hydrogens (tertiary/aromatic N) is 4. The molecule has 0 saturated carbocycles. The standard InChI is InChI=1S/C16H13N5O/c17-8-15-16(12-3-1-2-4-13(12)20-21-15)22-11-6-5-10-9-18-19-14(10)7-11/h5-7,9H,1-4H2,(H,18,19). The van der Waals surface area contributed by atoms with E-state index in [-0.39, 0.29) is 5.69 Å². The molecule has 6 heteroatoms. The first-order valence-electron chi connectivity index (χ1n) is 7.24. The number of nitriles is 1. The molecule has 1 aliphatic carbocycles. The molecule has 1 aliphatic rings. The molecule has 1 aromatic carbocycles. The summed E-state index contributed by atoms with van der Waals surface area (Å²) in [5, 5.41) is 25.4. The fourth-order valence-corrected chi connectivity index (χ4v) is 2.82. The van der Waals surface area contributed by atoms with E-state index < -0.39 is 0 Å². The second-order valence-electron chi connectivity index (χ2n) is 5.34. The van der Waals surface area contributed by atoms with Crippen LogP contribution >= 0.6 is 0 Å². The summed E-state index contributed by atoms with van der Waals surface area (Å²) in [6.45, 7) is 0. The number of aromatic nitrogens is 4. The lowest BCUT2D eigenvalue weighted by Gasteiger charge is -2.18. The summed E-state index contributed by atoms with van der Waals surface area (Å²) < 4.78 is 6.00. The molecule has 108 valence electrons. The van der Waals surface area contributed by atoms with Crippen molar-refractivity contribution in [3.8, 4) is 17.6 Å². The van der Waals surface area contributed by atoms with Gasteiger partial charge in [0.05, 0.1) is 17.4 Å². The molecule has 0 aliphatic heterocycles. The maximum Gasteiger partial charge on any atom is 0.205 e. The van der Waals surface area contributed by atoms with Gasteiger partial charge in [0.2, 0.25) is 5.69 Å². The number of rotatable bonds is 2. The van der Waals surface area contributed by atoms with Gasteiger partial charge in [-0.15, -0.1) is 5.10 Å². The lowest BCUT2D eigenvalue weighted by molar-refractivity contribution is 0.461. The van der Waals surface area contributed by atoms with Crippen LogP contribution in [0, 0.1) is 11.3 Å². The van der Waals surface area contributed by atoms with Gasteiger partial charge in [0.15, 0.2) is 5.75 Å². The molecule has 0 fully saturated rings. The van der Waals surface area contributed by atoms with Crippen molar-refractivity contribution in [2.24, 2.45) is 0 Å². The highest BCUT2D eigenvalue weighted by molar-refractivity contribution is 5.79. The molecule has 2 aromatic heterocycles. The molecule has 22 heavy (non-hydrogen) atoms. The zero-order valence-corrected chi connectivity index (χ0v) is 11.8. The van der Waals surface area contributed by atoms with Gasteiger partial charge in [-0.05, 0) is 37.8 Å². The highest BCUT2D eigenvalue weighted by Gasteiger charge is 2.21. The van der Waals surface area contributed by atoms with Gasteiger partial charge in [-0.25, -0.2) is 0 Å². The SMILES string of the molecule is N#Cc1nnc2c(c1Oc1ccc3cn[nH]c3c1)CCCC2. The van der Waals surface area contributed by atoms with Gasteiger partial charge in [0.25, 0.3) is 0 Å². The average Bonchev–Trinajstić information content (AvgIpc) is 3.03. The number of hydrogen-bond donors (Lipinski definition) is 1. The van der Waals surface area contributed by atoms with E-state index in [1.165, 1.54) is 0 Å². The van der Waals surface area contributed by atoms with Crippen LogP contribution in [0.1, 0.15) is 29.8 Å². The maximum absolute atomic E-state index is 9.29. The number of benzene rings is 1. The molecule has 4 rings (SSSR count). The quantitative estimate of drug-likeness (QED) is 0.784. The van der Waals surface area contributed by atoms with Gasteiger partial charge < -0.3 is 4.74 Å². The first-order valence-corrected chi connectivity index (χ1v) is 7.24. The van der Waals surface area contributed by atoms with Crippen LogP contribution in [0.15, 0.2) is 24.4 Å². The maximum atomic E-state index is 9.29. The number of nitrogens with one attached hydrogen (secondary N) is 1. The van der Waals surface area contributed by atoms with Crippen LogP contribution in [-0.4, -0.2) is 20.4 Å². The van der Waals surface area contributed by atoms with E-state index in [2.05, 4.69) is 26.5 Å². The van der Waals surface area contributed by atoms with Crippen LogP contribution in [0.5, 0.6) is 11.5 Å². The highest BCUT2D eigenvalue weighted by atomic mass is 16.5. The Balaban J connectivity index is 1.79. The zero-order chi connectivity index (χ0) is 14.9. The van der Waals surface area contributed by atoms with Crippen LogP contribution in [0.3, 0.4) is 0 Å². The number of aromatic amines is 1. The first kappa shape index (κ1) is 12.8. The Hall–Kier alpha value is -2.94. The molecular weight excluding hydrogens is 278 g/mol. The molecule has 0 bridgehead atoms. The van der Waals surface area contributed by atoms with Gasteiger partial charge in [-0.2, -0.15) is 15.5 Å². The van der Waals surface area contributed by atoms with Crippen molar-refractivity contribution in [3.05, 3.63) is 41.3 Å². The van der Waals surface area contributed by atoms with E-state index in [1.807, 2.05) is 18.2 Å². The van der Waals surface area contributed by atoms with Gasteiger partial charge >= 0.3 is 0 Å². The second kappa shape index (κ2) is 5.11. The Morgan fingerprint density at radius 3 is 3.00 bits per heavy atom. The van der Waals surface area contributed by atoms with Gasteiger partial charge in [0, 0.05) is 17.0 Å². The smallest absolute Gasteiger partial charge is 0.205 e. The molecule has 0 unspecified atom stereocenters. The normalized spacial score (nSPS) is 13.6. The van der Waals surface area contributed by atoms with Crippen molar-refractivity contribution < 1.29 is 4.74 Å². The lowest BCUT2D eigenvalue weighted by atomic mass is 9.95. The molecule has 0 radical (unpaired) electrons. The third-order valence-electron chi connectivity index (χ3n) is 3.94. The lowest BCUT2D eigenvalue weighted by Crippen LogP contribution is -2.10. The fourth-order valence-electron chi connectivity index (χ4n) is 2.82. The Morgan fingerprint density at radius 2 is 2.09 bits per heavy atom. The molecule has 0 spiro atoms. The number of hydrogen-bond acceptors (Lipinski definition) is 5. The zero-order valence-electron chi connectivity index (χ0n) is 11.8. The minimum absolute atomic E-state index is 0.241. The molecule has 0 amide bonds. The number of fused-ring (bicyclic) bond motifs is 2. The van der Waals surface area contributed by atoms with Crippen molar-refractivity contribution >= 4 is 10.9 Å². The molecule has 0 atom stereocenters. The third kappa shape index (κ3) is 2.07.